The molecule has 0 spiro atoms. The Morgan fingerprint density at radius 2 is 2.30 bits per heavy atom. The van der Waals surface area contributed by atoms with Gasteiger partial charge in [-0.25, -0.2) is 4.98 Å². The minimum atomic E-state index is -0.0977. The van der Waals surface area contributed by atoms with Crippen LogP contribution in [0.15, 0.2) is 52.0 Å². The Balaban J connectivity index is 1.24. The number of nitrogens with zero attached hydrogens (tertiary/aromatic N) is 6. The molecule has 5 rings (SSSR count). The molecule has 1 aliphatic rings. The first-order chi connectivity index (χ1) is 14.8. The molecule has 0 aliphatic carbocycles. The van der Waals surface area contributed by atoms with Crippen molar-refractivity contribution in [1.29, 1.82) is 0 Å². The first kappa shape index (κ1) is 18.2. The quantitative estimate of drug-likeness (QED) is 0.537. The van der Waals surface area contributed by atoms with Crippen LogP contribution in [-0.4, -0.2) is 54.2 Å². The van der Waals surface area contributed by atoms with Crippen molar-refractivity contribution in [2.24, 2.45) is 5.92 Å². The topological polar surface area (TPSA) is 127 Å². The van der Waals surface area contributed by atoms with Gasteiger partial charge >= 0.3 is 0 Å². The molecule has 1 unspecified atom stereocenters. The second-order valence-corrected chi connectivity index (χ2v) is 7.21. The van der Waals surface area contributed by atoms with Crippen LogP contribution in [0.5, 0.6) is 0 Å². The average Bonchev–Trinajstić information content (AvgIpc) is 3.55. The molecule has 10 heteroatoms. The third kappa shape index (κ3) is 3.71. The lowest BCUT2D eigenvalue weighted by molar-refractivity contribution is 0.0662. The fraction of sp³-hybridized carbons (Fsp3) is 0.300. The molecule has 152 valence electrons. The van der Waals surface area contributed by atoms with E-state index in [1.165, 1.54) is 0 Å². The Kier molecular flexibility index (Phi) is 4.80. The second-order valence-electron chi connectivity index (χ2n) is 7.21. The molecule has 1 saturated heterocycles. The van der Waals surface area contributed by atoms with E-state index >= 15 is 0 Å². The number of aromatic nitrogens is 6. The van der Waals surface area contributed by atoms with Crippen LogP contribution in [0, 0.1) is 5.92 Å². The predicted octanol–water partition coefficient (Wildman–Crippen LogP) is 2.60. The molecule has 0 radical (unpaired) electrons. The van der Waals surface area contributed by atoms with Crippen molar-refractivity contribution in [3.63, 3.8) is 0 Å². The number of carbonyl (C=O) groups excluding carboxylic acids is 1. The number of H-pyrrole nitrogens is 1. The highest BCUT2D eigenvalue weighted by Gasteiger charge is 2.27. The standard InChI is InChI=1S/C20H19N7O3/c28-20(15-10-14(24-25-15)17-4-2-8-29-17)27-7-1-3-13(12-27)9-18-23-19(26-30-18)16-11-21-5-6-22-16/h2,4-6,8,10-11,13H,1,3,7,9,12H2,(H,24,25). The molecular weight excluding hydrogens is 386 g/mol. The molecule has 1 N–H and O–H groups in total. The van der Waals surface area contributed by atoms with Gasteiger partial charge in [0.05, 0.1) is 12.5 Å². The molecule has 4 aromatic rings. The van der Waals surface area contributed by atoms with E-state index < -0.39 is 0 Å². The van der Waals surface area contributed by atoms with Gasteiger partial charge in [-0.3, -0.25) is 14.9 Å². The van der Waals surface area contributed by atoms with E-state index in [0.717, 1.165) is 12.8 Å². The summed E-state index contributed by atoms with van der Waals surface area (Å²) in [4.78, 5) is 27.4. The molecule has 1 amide bonds. The summed E-state index contributed by atoms with van der Waals surface area (Å²) in [6, 6.07) is 5.33. The number of likely N-dealkylation sites (tertiary alicyclic amines) is 1. The van der Waals surface area contributed by atoms with Crippen molar-refractivity contribution in [2.45, 2.75) is 19.3 Å². The lowest BCUT2D eigenvalue weighted by atomic mass is 9.94. The van der Waals surface area contributed by atoms with Crippen LogP contribution >= 0.6 is 0 Å². The van der Waals surface area contributed by atoms with Crippen LogP contribution in [0.2, 0.25) is 0 Å². The Labute approximate surface area is 171 Å². The average molecular weight is 405 g/mol. The molecule has 0 aromatic carbocycles. The van der Waals surface area contributed by atoms with E-state index in [1.54, 1.807) is 37.0 Å². The highest BCUT2D eigenvalue weighted by molar-refractivity contribution is 5.93. The summed E-state index contributed by atoms with van der Waals surface area (Å²) in [5, 5.41) is 11.0. The Morgan fingerprint density at radius 1 is 1.33 bits per heavy atom. The number of rotatable bonds is 5. The SMILES string of the molecule is O=C(c1cc(-c2ccco2)[nH]n1)N1CCCC(Cc2nc(-c3cnccn3)no2)C1. The summed E-state index contributed by atoms with van der Waals surface area (Å²) in [6.45, 7) is 1.32. The van der Waals surface area contributed by atoms with Crippen molar-refractivity contribution in [2.75, 3.05) is 13.1 Å². The summed E-state index contributed by atoms with van der Waals surface area (Å²) in [7, 11) is 0. The van der Waals surface area contributed by atoms with Gasteiger partial charge < -0.3 is 13.8 Å². The van der Waals surface area contributed by atoms with Crippen molar-refractivity contribution in [3.8, 4) is 23.0 Å². The van der Waals surface area contributed by atoms with E-state index in [-0.39, 0.29) is 11.8 Å². The number of furan rings is 1. The van der Waals surface area contributed by atoms with Crippen molar-refractivity contribution < 1.29 is 13.7 Å². The highest BCUT2D eigenvalue weighted by Crippen LogP contribution is 2.24. The minimum Gasteiger partial charge on any atom is -0.463 e. The van der Waals surface area contributed by atoms with E-state index in [0.29, 0.717) is 54.1 Å². The van der Waals surface area contributed by atoms with Crippen LogP contribution in [0.4, 0.5) is 0 Å². The summed E-state index contributed by atoms with van der Waals surface area (Å²) in [5.74, 6) is 1.74. The molecule has 4 aromatic heterocycles. The van der Waals surface area contributed by atoms with Crippen molar-refractivity contribution in [1.82, 2.24) is 35.2 Å². The van der Waals surface area contributed by atoms with Gasteiger partial charge in [-0.15, -0.1) is 0 Å². The maximum Gasteiger partial charge on any atom is 0.274 e. The number of hydrogen-bond acceptors (Lipinski definition) is 8. The van der Waals surface area contributed by atoms with Crippen LogP contribution in [0.1, 0.15) is 29.2 Å². The number of piperidine rings is 1. The first-order valence-corrected chi connectivity index (χ1v) is 9.74. The number of hydrogen-bond donors (Lipinski definition) is 1. The zero-order valence-electron chi connectivity index (χ0n) is 16.1. The van der Waals surface area contributed by atoms with Gasteiger partial charge in [0.25, 0.3) is 5.91 Å². The zero-order chi connectivity index (χ0) is 20.3. The summed E-state index contributed by atoms with van der Waals surface area (Å²) in [6.07, 6.45) is 8.87. The second kappa shape index (κ2) is 7.90. The lowest BCUT2D eigenvalue weighted by Gasteiger charge is -2.31. The fourth-order valence-corrected chi connectivity index (χ4v) is 3.67. The van der Waals surface area contributed by atoms with Gasteiger partial charge in [-0.05, 0) is 30.9 Å². The normalized spacial score (nSPS) is 16.7. The molecule has 5 heterocycles. The van der Waals surface area contributed by atoms with Gasteiger partial charge in [-0.2, -0.15) is 10.1 Å². The summed E-state index contributed by atoms with van der Waals surface area (Å²) in [5.41, 5.74) is 1.63. The molecule has 10 nitrogen and oxygen atoms in total. The highest BCUT2D eigenvalue weighted by atomic mass is 16.5. The van der Waals surface area contributed by atoms with E-state index in [9.17, 15) is 4.79 Å². The summed E-state index contributed by atoms with van der Waals surface area (Å²) >= 11 is 0. The van der Waals surface area contributed by atoms with Gasteiger partial charge in [-0.1, -0.05) is 5.16 Å². The lowest BCUT2D eigenvalue weighted by Crippen LogP contribution is -2.40. The maximum atomic E-state index is 12.9. The number of carbonyl (C=O) groups is 1. The van der Waals surface area contributed by atoms with Crippen LogP contribution in [-0.2, 0) is 6.42 Å². The molecule has 0 saturated carbocycles. The molecule has 0 bridgehead atoms. The van der Waals surface area contributed by atoms with Crippen molar-refractivity contribution in [3.05, 3.63) is 54.6 Å². The first-order valence-electron chi connectivity index (χ1n) is 9.74. The molecule has 1 aliphatic heterocycles. The minimum absolute atomic E-state index is 0.0977. The van der Waals surface area contributed by atoms with Gasteiger partial charge in [0.15, 0.2) is 11.5 Å². The summed E-state index contributed by atoms with van der Waals surface area (Å²) < 4.78 is 10.7. The molecule has 1 fully saturated rings. The fourth-order valence-electron chi connectivity index (χ4n) is 3.67. The molecular formula is C20H19N7O3. The van der Waals surface area contributed by atoms with Crippen LogP contribution in [0.25, 0.3) is 23.0 Å². The van der Waals surface area contributed by atoms with E-state index in [2.05, 4.69) is 30.3 Å². The molecule has 30 heavy (non-hydrogen) atoms. The Hall–Kier alpha value is -3.82. The Morgan fingerprint density at radius 3 is 3.13 bits per heavy atom. The van der Waals surface area contributed by atoms with Crippen LogP contribution < -0.4 is 0 Å². The monoisotopic (exact) mass is 405 g/mol. The smallest absolute Gasteiger partial charge is 0.274 e. The number of nitrogens with one attached hydrogen (secondary N) is 1. The number of amides is 1. The van der Waals surface area contributed by atoms with Gasteiger partial charge in [0.1, 0.15) is 11.4 Å². The zero-order valence-corrected chi connectivity index (χ0v) is 16.1. The Bertz CT molecular complexity index is 1120. The maximum absolute atomic E-state index is 12.9. The van der Waals surface area contributed by atoms with E-state index in [4.69, 9.17) is 8.94 Å². The van der Waals surface area contributed by atoms with Gasteiger partial charge in [0.2, 0.25) is 11.7 Å². The predicted molar refractivity (Wildman–Crippen MR) is 104 cm³/mol. The third-order valence-electron chi connectivity index (χ3n) is 5.11. The largest absolute Gasteiger partial charge is 0.463 e. The van der Waals surface area contributed by atoms with E-state index in [1.807, 2.05) is 11.0 Å². The third-order valence-corrected chi connectivity index (χ3v) is 5.11. The van der Waals surface area contributed by atoms with Gasteiger partial charge in [0, 0.05) is 38.0 Å². The molecule has 1 atom stereocenters. The van der Waals surface area contributed by atoms with Crippen molar-refractivity contribution >= 4 is 5.91 Å². The number of aromatic amines is 1. The van der Waals surface area contributed by atoms with Crippen LogP contribution in [0.3, 0.4) is 0 Å².